The standard InChI is InChI=1S/C22H26N2O4/c1-14(2)15-10-11-18(19(12-15)27-4)22(24(3)21(26)23-28-5)13-16-8-6-7-9-17(16)20(22)25/h6-12,14H,13H2,1-5H3,(H,23,26)/p+2. The van der Waals surface area contributed by atoms with E-state index in [0.29, 0.717) is 22.8 Å². The molecule has 148 valence electrons. The number of quaternary nitrogens is 1. The van der Waals surface area contributed by atoms with Crippen molar-refractivity contribution >= 4 is 11.8 Å². The average Bonchev–Trinajstić information content (AvgIpc) is 3.00. The van der Waals surface area contributed by atoms with Crippen LogP contribution in [0.5, 0.6) is 5.75 Å². The summed E-state index contributed by atoms with van der Waals surface area (Å²) in [5.74, 6) is 0.995. The third kappa shape index (κ3) is 3.08. The lowest BCUT2D eigenvalue weighted by atomic mass is 9.82. The quantitative estimate of drug-likeness (QED) is 0.613. The van der Waals surface area contributed by atoms with Gasteiger partial charge in [-0.3, -0.25) is 9.63 Å². The molecule has 1 aliphatic rings. The molecule has 0 aliphatic heterocycles. The minimum atomic E-state index is -1.10. The highest BCUT2D eigenvalue weighted by molar-refractivity contribution is 6.08. The molecule has 6 heteroatoms. The zero-order chi connectivity index (χ0) is 20.5. The Balaban J connectivity index is 2.22. The topological polar surface area (TPSA) is 72.6 Å². The summed E-state index contributed by atoms with van der Waals surface area (Å²) < 4.78 is 4.46. The van der Waals surface area contributed by atoms with Gasteiger partial charge in [0.2, 0.25) is 11.3 Å². The Kier molecular flexibility index (Phi) is 5.54. The van der Waals surface area contributed by atoms with Gasteiger partial charge in [-0.25, -0.2) is 9.69 Å². The van der Waals surface area contributed by atoms with Crippen molar-refractivity contribution in [2.24, 2.45) is 0 Å². The van der Waals surface area contributed by atoms with Gasteiger partial charge in [0.25, 0.3) is 5.75 Å². The van der Waals surface area contributed by atoms with Crippen LogP contribution in [0.15, 0.2) is 42.5 Å². The van der Waals surface area contributed by atoms with Gasteiger partial charge in [0.15, 0.2) is 7.11 Å². The van der Waals surface area contributed by atoms with Crippen LogP contribution in [0.3, 0.4) is 0 Å². The predicted octanol–water partition coefficient (Wildman–Crippen LogP) is 2.10. The van der Waals surface area contributed by atoms with Crippen LogP contribution in [0.25, 0.3) is 0 Å². The second-order valence-corrected chi connectivity index (χ2v) is 7.48. The number of fused-ring (bicyclic) bond motifs is 1. The molecule has 2 aromatic carbocycles. The normalized spacial score (nSPS) is 19.4. The maximum absolute atomic E-state index is 13.7. The zero-order valence-electron chi connectivity index (χ0n) is 17.0. The second-order valence-electron chi connectivity index (χ2n) is 7.48. The fourth-order valence-corrected chi connectivity index (χ4v) is 4.03. The van der Waals surface area contributed by atoms with E-state index in [1.807, 2.05) is 42.5 Å². The first-order chi connectivity index (χ1) is 13.4. The van der Waals surface area contributed by atoms with E-state index in [1.54, 1.807) is 14.2 Å². The van der Waals surface area contributed by atoms with Crippen molar-refractivity contribution in [2.45, 2.75) is 31.7 Å². The van der Waals surface area contributed by atoms with E-state index >= 15 is 0 Å². The van der Waals surface area contributed by atoms with Crippen LogP contribution in [-0.2, 0) is 16.8 Å². The molecule has 3 N–H and O–H groups in total. The molecular weight excluding hydrogens is 356 g/mol. The molecule has 28 heavy (non-hydrogen) atoms. The Labute approximate surface area is 165 Å². The van der Waals surface area contributed by atoms with Crippen molar-refractivity contribution < 1.29 is 24.1 Å². The van der Waals surface area contributed by atoms with Gasteiger partial charge in [-0.2, -0.15) is 5.48 Å². The average molecular weight is 384 g/mol. The summed E-state index contributed by atoms with van der Waals surface area (Å²) in [5.41, 5.74) is 4.76. The molecule has 6 nitrogen and oxygen atoms in total. The number of carbonyl (C=O) groups is 2. The predicted molar refractivity (Wildman–Crippen MR) is 107 cm³/mol. The first-order valence-corrected chi connectivity index (χ1v) is 9.41. The third-order valence-electron chi connectivity index (χ3n) is 5.67. The first-order valence-electron chi connectivity index (χ1n) is 9.41. The van der Waals surface area contributed by atoms with Crippen molar-refractivity contribution in [3.05, 3.63) is 64.7 Å². The van der Waals surface area contributed by atoms with Crippen molar-refractivity contribution in [1.82, 2.24) is 5.48 Å². The van der Waals surface area contributed by atoms with E-state index in [0.717, 1.165) is 22.4 Å². The molecule has 3 rings (SSSR count). The van der Waals surface area contributed by atoms with Crippen LogP contribution in [0.4, 0.5) is 4.79 Å². The molecule has 0 heterocycles. The highest BCUT2D eigenvalue weighted by atomic mass is 16.6. The third-order valence-corrected chi connectivity index (χ3v) is 5.67. The molecule has 0 fully saturated rings. The first kappa shape index (κ1) is 20.0. The fourth-order valence-electron chi connectivity index (χ4n) is 4.03. The number of benzene rings is 2. The summed E-state index contributed by atoms with van der Waals surface area (Å²) in [7, 11) is 4.80. The number of aromatic hydroxyl groups is 1. The molecule has 0 saturated carbocycles. The highest BCUT2D eigenvalue weighted by Gasteiger charge is 2.58. The van der Waals surface area contributed by atoms with Crippen molar-refractivity contribution in [3.8, 4) is 5.75 Å². The number of amides is 2. The fraction of sp³-hybridized carbons (Fsp3) is 0.364. The monoisotopic (exact) mass is 384 g/mol. The van der Waals surface area contributed by atoms with E-state index in [2.05, 4.69) is 24.1 Å². The summed E-state index contributed by atoms with van der Waals surface area (Å²) in [5, 5.41) is 0. The van der Waals surface area contributed by atoms with Crippen molar-refractivity contribution in [3.63, 3.8) is 0 Å². The molecule has 1 aliphatic carbocycles. The van der Waals surface area contributed by atoms with E-state index in [9.17, 15) is 9.59 Å². The Morgan fingerprint density at radius 3 is 2.57 bits per heavy atom. The Hall–Kier alpha value is -2.70. The number of aliphatic hydroxyl groups is 1. The van der Waals surface area contributed by atoms with Gasteiger partial charge in [-0.1, -0.05) is 44.2 Å². The lowest BCUT2D eigenvalue weighted by Gasteiger charge is -2.32. The number of nitrogens with one attached hydrogen (secondary N) is 2. The summed E-state index contributed by atoms with van der Waals surface area (Å²) in [6, 6.07) is 13.1. The lowest BCUT2D eigenvalue weighted by Crippen LogP contribution is -3.21. The number of hydrogen-bond donors (Lipinski definition) is 2. The van der Waals surface area contributed by atoms with E-state index in [4.69, 9.17) is 4.84 Å². The molecular formula is C22H28N2O4+2. The van der Waals surface area contributed by atoms with E-state index in [1.165, 1.54) is 7.11 Å². The number of hydrogen-bond acceptors (Lipinski definition) is 3. The summed E-state index contributed by atoms with van der Waals surface area (Å²) in [4.78, 5) is 31.6. The number of hydroxylamine groups is 1. The van der Waals surface area contributed by atoms with Gasteiger partial charge in [-0.05, 0) is 23.1 Å². The number of rotatable bonds is 5. The number of carbonyl (C=O) groups excluding carboxylic acids is 2. The number of likely N-dealkylation sites (N-methyl/N-ethyl adjacent to an activating group) is 1. The lowest BCUT2D eigenvalue weighted by molar-refractivity contribution is -0.850. The highest BCUT2D eigenvalue weighted by Crippen LogP contribution is 2.40. The van der Waals surface area contributed by atoms with Crippen molar-refractivity contribution in [1.29, 1.82) is 0 Å². The van der Waals surface area contributed by atoms with Crippen LogP contribution in [-0.4, -0.2) is 37.8 Å². The molecule has 2 unspecified atom stereocenters. The van der Waals surface area contributed by atoms with Crippen LogP contribution in [0, 0.1) is 0 Å². The molecule has 0 aromatic heterocycles. The van der Waals surface area contributed by atoms with Crippen LogP contribution >= 0.6 is 0 Å². The smallest absolute Gasteiger partial charge is 0.439 e. The zero-order valence-corrected chi connectivity index (χ0v) is 17.0. The summed E-state index contributed by atoms with van der Waals surface area (Å²) in [6.07, 6.45) is 0.425. The van der Waals surface area contributed by atoms with Gasteiger partial charge in [-0.15, -0.1) is 0 Å². The molecule has 2 aromatic rings. The number of ether oxygens (including phenoxy) is 1. The number of urea groups is 1. The Bertz CT molecular complexity index is 909. The van der Waals surface area contributed by atoms with Crippen LogP contribution < -0.4 is 10.4 Å². The van der Waals surface area contributed by atoms with Crippen molar-refractivity contribution in [2.75, 3.05) is 21.3 Å². The minimum absolute atomic E-state index is 0.0750. The summed E-state index contributed by atoms with van der Waals surface area (Å²) >= 11 is 0. The van der Waals surface area contributed by atoms with E-state index < -0.39 is 11.6 Å². The molecule has 0 radical (unpaired) electrons. The van der Waals surface area contributed by atoms with Gasteiger partial charge in [0.05, 0.1) is 14.2 Å². The largest absolute Gasteiger partial charge is 0.584 e. The van der Waals surface area contributed by atoms with Gasteiger partial charge < -0.3 is 4.74 Å². The Morgan fingerprint density at radius 2 is 1.96 bits per heavy atom. The molecule has 0 saturated heterocycles. The minimum Gasteiger partial charge on any atom is -0.584 e. The molecule has 2 atom stereocenters. The van der Waals surface area contributed by atoms with Gasteiger partial charge in [0, 0.05) is 18.1 Å². The number of ketones is 1. The van der Waals surface area contributed by atoms with Gasteiger partial charge >= 0.3 is 6.03 Å². The number of Topliss-reactive ketones (excluding diaryl/α,β-unsaturated/α-hetero) is 1. The second kappa shape index (κ2) is 7.73. The molecule has 0 bridgehead atoms. The Morgan fingerprint density at radius 1 is 1.25 bits per heavy atom. The molecule has 0 spiro atoms. The van der Waals surface area contributed by atoms with E-state index in [-0.39, 0.29) is 5.78 Å². The van der Waals surface area contributed by atoms with Crippen LogP contribution in [0.1, 0.15) is 46.8 Å². The maximum Gasteiger partial charge on any atom is 0.439 e. The molecule has 2 amide bonds. The van der Waals surface area contributed by atoms with Crippen LogP contribution in [0.2, 0.25) is 0 Å². The summed E-state index contributed by atoms with van der Waals surface area (Å²) in [6.45, 7) is 4.23. The maximum atomic E-state index is 13.7. The van der Waals surface area contributed by atoms with Gasteiger partial charge in [0.1, 0.15) is 5.56 Å². The SMILES string of the molecule is CONC(=O)[NH+](C)C1(c2ccc(C(C)C)cc2[OH+]C)Cc2ccccc2C1=O.